The van der Waals surface area contributed by atoms with Gasteiger partial charge in [-0.05, 0) is 6.92 Å². The van der Waals surface area contributed by atoms with Crippen LogP contribution < -0.4 is 0 Å². The first-order valence-electron chi connectivity index (χ1n) is 2.38. The summed E-state index contributed by atoms with van der Waals surface area (Å²) in [4.78, 5) is 0. The van der Waals surface area contributed by atoms with E-state index in [0.29, 0.717) is 0 Å². The Morgan fingerprint density at radius 2 is 2.62 bits per heavy atom. The molecule has 2 heteroatoms. The molecule has 0 spiro atoms. The highest BCUT2D eigenvalue weighted by Crippen LogP contribution is 2.05. The second-order valence-electron chi connectivity index (χ2n) is 1.54. The van der Waals surface area contributed by atoms with Crippen molar-refractivity contribution in [3.05, 3.63) is 24.1 Å². The van der Waals surface area contributed by atoms with Crippen LogP contribution >= 0.6 is 0 Å². The number of hydrogen-bond acceptors (Lipinski definition) is 2. The van der Waals surface area contributed by atoms with Gasteiger partial charge in [-0.2, -0.15) is 0 Å². The highest BCUT2D eigenvalue weighted by atomic mass is 16.5. The van der Waals surface area contributed by atoms with Gasteiger partial charge in [0.25, 0.3) is 0 Å². The average molecular weight is 109 g/mol. The topological polar surface area (TPSA) is 26.0 Å². The van der Waals surface area contributed by atoms with Crippen LogP contribution in [0.25, 0.3) is 6.08 Å². The molecule has 0 atom stereocenters. The van der Waals surface area contributed by atoms with Crippen LogP contribution in [0, 0.1) is 6.92 Å². The molecule has 0 aromatic carbocycles. The fourth-order valence-corrected chi connectivity index (χ4v) is 0.502. The quantitative estimate of drug-likeness (QED) is 0.547. The van der Waals surface area contributed by atoms with E-state index in [1.807, 2.05) is 6.92 Å². The van der Waals surface area contributed by atoms with Crippen molar-refractivity contribution in [3.8, 4) is 0 Å². The number of hydrogen-bond donors (Lipinski definition) is 0. The number of aryl methyl sites for hydroxylation is 1. The van der Waals surface area contributed by atoms with Crippen LogP contribution in [0.15, 0.2) is 17.3 Å². The lowest BCUT2D eigenvalue weighted by Crippen LogP contribution is -1.64. The fourth-order valence-electron chi connectivity index (χ4n) is 0.502. The molecule has 0 amide bonds. The van der Waals surface area contributed by atoms with Crippen molar-refractivity contribution in [2.45, 2.75) is 6.92 Å². The van der Waals surface area contributed by atoms with Crippen LogP contribution in [0.4, 0.5) is 0 Å². The lowest BCUT2D eigenvalue weighted by Gasteiger charge is -1.78. The maximum absolute atomic E-state index is 4.73. The summed E-state index contributed by atoms with van der Waals surface area (Å²) in [6, 6.07) is 0. The second kappa shape index (κ2) is 1.82. The van der Waals surface area contributed by atoms with Gasteiger partial charge >= 0.3 is 0 Å². The van der Waals surface area contributed by atoms with E-state index in [4.69, 9.17) is 4.52 Å². The first-order valence-corrected chi connectivity index (χ1v) is 2.38. The maximum Gasteiger partial charge on any atom is 0.140 e. The van der Waals surface area contributed by atoms with Gasteiger partial charge in [-0.1, -0.05) is 17.8 Å². The Hall–Kier alpha value is -1.05. The van der Waals surface area contributed by atoms with Crippen molar-refractivity contribution in [2.75, 3.05) is 0 Å². The zero-order chi connectivity index (χ0) is 5.98. The van der Waals surface area contributed by atoms with Crippen molar-refractivity contribution >= 4 is 6.08 Å². The molecule has 0 aliphatic heterocycles. The van der Waals surface area contributed by atoms with Crippen LogP contribution in [0.5, 0.6) is 0 Å². The van der Waals surface area contributed by atoms with Gasteiger partial charge in [0, 0.05) is 5.56 Å². The predicted octanol–water partition coefficient (Wildman–Crippen LogP) is 1.63. The van der Waals surface area contributed by atoms with Gasteiger partial charge in [0.2, 0.25) is 0 Å². The third-order valence-electron chi connectivity index (χ3n) is 1.01. The molecule has 0 saturated carbocycles. The Labute approximate surface area is 47.8 Å². The van der Waals surface area contributed by atoms with Crippen LogP contribution in [0.3, 0.4) is 0 Å². The molecule has 42 valence electrons. The van der Waals surface area contributed by atoms with Crippen LogP contribution in [0.1, 0.15) is 11.3 Å². The molecular weight excluding hydrogens is 102 g/mol. The van der Waals surface area contributed by atoms with E-state index >= 15 is 0 Å². The summed E-state index contributed by atoms with van der Waals surface area (Å²) >= 11 is 0. The Bertz CT molecular complexity index is 190. The maximum atomic E-state index is 4.73. The molecule has 2 nitrogen and oxygen atoms in total. The molecule has 0 bridgehead atoms. The zero-order valence-corrected chi connectivity index (χ0v) is 4.72. The zero-order valence-electron chi connectivity index (χ0n) is 4.72. The number of rotatable bonds is 1. The van der Waals surface area contributed by atoms with E-state index in [-0.39, 0.29) is 0 Å². The number of aromatic nitrogens is 1. The molecule has 1 aromatic heterocycles. The van der Waals surface area contributed by atoms with Crippen LogP contribution in [-0.2, 0) is 0 Å². The number of nitrogens with zero attached hydrogens (tertiary/aromatic N) is 1. The Morgan fingerprint density at radius 1 is 1.88 bits per heavy atom. The van der Waals surface area contributed by atoms with Gasteiger partial charge < -0.3 is 4.52 Å². The Balaban J connectivity index is 3.09. The van der Waals surface area contributed by atoms with Gasteiger partial charge in [0.1, 0.15) is 5.76 Å². The third-order valence-corrected chi connectivity index (χ3v) is 1.01. The van der Waals surface area contributed by atoms with Crippen molar-refractivity contribution in [1.29, 1.82) is 0 Å². The van der Waals surface area contributed by atoms with E-state index < -0.39 is 0 Å². The minimum absolute atomic E-state index is 0.819. The van der Waals surface area contributed by atoms with Gasteiger partial charge in [-0.15, -0.1) is 0 Å². The molecule has 0 unspecified atom stereocenters. The smallest absolute Gasteiger partial charge is 0.140 e. The molecule has 1 aromatic rings. The SMILES string of the molecule is C=Cc1cnoc1C. The average Bonchev–Trinajstić information content (AvgIpc) is 2.14. The minimum atomic E-state index is 0.819. The molecule has 0 aliphatic carbocycles. The molecule has 0 fully saturated rings. The first-order chi connectivity index (χ1) is 3.84. The summed E-state index contributed by atoms with van der Waals surface area (Å²) in [7, 11) is 0. The molecule has 0 radical (unpaired) electrons. The van der Waals surface area contributed by atoms with Crippen LogP contribution in [0.2, 0.25) is 0 Å². The highest BCUT2D eigenvalue weighted by Gasteiger charge is 1.93. The standard InChI is InChI=1S/C6H7NO/c1-3-6-4-7-8-5(6)2/h3-4H,1H2,2H3. The molecule has 0 aliphatic rings. The summed E-state index contributed by atoms with van der Waals surface area (Å²) in [5.74, 6) is 0.819. The largest absolute Gasteiger partial charge is 0.361 e. The van der Waals surface area contributed by atoms with Gasteiger partial charge in [0.15, 0.2) is 0 Å². The lowest BCUT2D eigenvalue weighted by atomic mass is 10.3. The minimum Gasteiger partial charge on any atom is -0.361 e. The molecule has 0 N–H and O–H groups in total. The highest BCUT2D eigenvalue weighted by molar-refractivity contribution is 5.46. The van der Waals surface area contributed by atoms with Crippen molar-refractivity contribution in [1.82, 2.24) is 5.16 Å². The van der Waals surface area contributed by atoms with E-state index in [1.165, 1.54) is 0 Å². The normalized spacial score (nSPS) is 9.12. The van der Waals surface area contributed by atoms with E-state index in [9.17, 15) is 0 Å². The van der Waals surface area contributed by atoms with Gasteiger partial charge in [-0.25, -0.2) is 0 Å². The van der Waals surface area contributed by atoms with Crippen molar-refractivity contribution in [2.24, 2.45) is 0 Å². The van der Waals surface area contributed by atoms with Crippen molar-refractivity contribution < 1.29 is 4.52 Å². The third kappa shape index (κ3) is 0.644. The lowest BCUT2D eigenvalue weighted by molar-refractivity contribution is 0.397. The molecule has 0 saturated heterocycles. The fraction of sp³-hybridized carbons (Fsp3) is 0.167. The first kappa shape index (κ1) is 5.09. The van der Waals surface area contributed by atoms with Crippen molar-refractivity contribution in [3.63, 3.8) is 0 Å². The summed E-state index contributed by atoms with van der Waals surface area (Å²) < 4.78 is 4.73. The Morgan fingerprint density at radius 3 is 2.88 bits per heavy atom. The molecule has 1 rings (SSSR count). The van der Waals surface area contributed by atoms with E-state index in [1.54, 1.807) is 12.3 Å². The monoisotopic (exact) mass is 109 g/mol. The Kier molecular flexibility index (Phi) is 1.16. The molecule has 1 heterocycles. The summed E-state index contributed by atoms with van der Waals surface area (Å²) in [6.45, 7) is 5.42. The summed E-state index contributed by atoms with van der Waals surface area (Å²) in [6.07, 6.45) is 3.36. The van der Waals surface area contributed by atoms with E-state index in [0.717, 1.165) is 11.3 Å². The molecule has 8 heavy (non-hydrogen) atoms. The second-order valence-corrected chi connectivity index (χ2v) is 1.54. The van der Waals surface area contributed by atoms with Gasteiger partial charge in [0.05, 0.1) is 6.20 Å². The predicted molar refractivity (Wildman–Crippen MR) is 31.3 cm³/mol. The summed E-state index contributed by atoms with van der Waals surface area (Å²) in [5, 5.41) is 3.55. The van der Waals surface area contributed by atoms with E-state index in [2.05, 4.69) is 11.7 Å². The summed E-state index contributed by atoms with van der Waals surface area (Å²) in [5.41, 5.74) is 0.963. The van der Waals surface area contributed by atoms with Crippen LogP contribution in [-0.4, -0.2) is 5.16 Å². The van der Waals surface area contributed by atoms with Gasteiger partial charge in [-0.3, -0.25) is 0 Å². The molecular formula is C6H7NO.